The fraction of sp³-hybridized carbons (Fsp3) is 0.562. The van der Waals surface area contributed by atoms with E-state index in [1.54, 1.807) is 14.0 Å². The highest BCUT2D eigenvalue weighted by molar-refractivity contribution is 9.10. The highest BCUT2D eigenvalue weighted by atomic mass is 79.9. The molecule has 22 heavy (non-hydrogen) atoms. The van der Waals surface area contributed by atoms with Gasteiger partial charge in [0, 0.05) is 31.3 Å². The Bertz CT molecular complexity index is 485. The van der Waals surface area contributed by atoms with Gasteiger partial charge in [0.15, 0.2) is 0 Å². The summed E-state index contributed by atoms with van der Waals surface area (Å²) in [5.41, 5.74) is 6.19. The number of carbonyl (C=O) groups excluding carboxylic acids is 1. The molecule has 1 aliphatic heterocycles. The van der Waals surface area contributed by atoms with Crippen molar-refractivity contribution in [1.82, 2.24) is 4.90 Å². The number of hydrogen-bond acceptors (Lipinski definition) is 3. The summed E-state index contributed by atoms with van der Waals surface area (Å²) < 4.78 is 6.17. The van der Waals surface area contributed by atoms with Crippen molar-refractivity contribution in [2.75, 3.05) is 26.8 Å². The summed E-state index contributed by atoms with van der Waals surface area (Å²) in [5.74, 6) is 0.552. The van der Waals surface area contributed by atoms with Crippen LogP contribution < -0.4 is 5.73 Å². The van der Waals surface area contributed by atoms with E-state index in [9.17, 15) is 4.79 Å². The quantitative estimate of drug-likeness (QED) is 0.858. The first kappa shape index (κ1) is 19.4. The molecule has 0 radical (unpaired) electrons. The molecule has 124 valence electrons. The van der Waals surface area contributed by atoms with Gasteiger partial charge in [0.25, 0.3) is 0 Å². The number of carbonyl (C=O) groups is 1. The molecule has 0 bridgehead atoms. The number of hydrogen-bond donors (Lipinski definition) is 1. The highest BCUT2D eigenvalue weighted by Gasteiger charge is 2.36. The molecule has 0 saturated carbocycles. The van der Waals surface area contributed by atoms with Gasteiger partial charge >= 0.3 is 0 Å². The predicted molar refractivity (Wildman–Crippen MR) is 94.1 cm³/mol. The van der Waals surface area contributed by atoms with Gasteiger partial charge in [0.2, 0.25) is 5.91 Å². The Kier molecular flexibility index (Phi) is 7.32. The minimum absolute atomic E-state index is 0. The van der Waals surface area contributed by atoms with Crippen molar-refractivity contribution in [3.63, 3.8) is 0 Å². The molecule has 1 aromatic rings. The average molecular weight is 392 g/mol. The molecule has 0 aromatic heterocycles. The third-order valence-electron chi connectivity index (χ3n) is 4.19. The smallest absolute Gasteiger partial charge is 0.246 e. The Morgan fingerprint density at radius 1 is 1.36 bits per heavy atom. The van der Waals surface area contributed by atoms with Crippen molar-refractivity contribution in [3.05, 3.63) is 34.3 Å². The Morgan fingerprint density at radius 3 is 2.41 bits per heavy atom. The average Bonchev–Trinajstić information content (AvgIpc) is 2.48. The van der Waals surface area contributed by atoms with Gasteiger partial charge in [-0.3, -0.25) is 4.79 Å². The largest absolute Gasteiger partial charge is 0.384 e. The van der Waals surface area contributed by atoms with Gasteiger partial charge < -0.3 is 15.4 Å². The van der Waals surface area contributed by atoms with E-state index in [4.69, 9.17) is 10.5 Å². The maximum Gasteiger partial charge on any atom is 0.246 e. The molecule has 1 aliphatic rings. The topological polar surface area (TPSA) is 55.6 Å². The SMILES string of the molecule is COCC1CCN(C(=O)C(C)(N)c2ccc(Br)cc2)CC1.Cl. The zero-order valence-corrected chi connectivity index (χ0v) is 15.5. The Hall–Kier alpha value is -0.620. The van der Waals surface area contributed by atoms with E-state index in [1.165, 1.54) is 0 Å². The second-order valence-corrected chi connectivity index (χ2v) is 6.82. The first-order chi connectivity index (χ1) is 9.95. The van der Waals surface area contributed by atoms with Gasteiger partial charge in [-0.2, -0.15) is 0 Å². The molecule has 1 amide bonds. The van der Waals surface area contributed by atoms with E-state index in [2.05, 4.69) is 15.9 Å². The minimum atomic E-state index is -0.977. The van der Waals surface area contributed by atoms with Gasteiger partial charge in [-0.1, -0.05) is 28.1 Å². The van der Waals surface area contributed by atoms with Crippen molar-refractivity contribution in [1.29, 1.82) is 0 Å². The number of likely N-dealkylation sites (tertiary alicyclic amines) is 1. The standard InChI is InChI=1S/C16H23BrN2O2.ClH/c1-16(18,13-3-5-14(17)6-4-13)15(20)19-9-7-12(8-10-19)11-21-2;/h3-6,12H,7-11,18H2,1-2H3;1H. The fourth-order valence-electron chi connectivity index (χ4n) is 2.79. The number of halogens is 2. The summed E-state index contributed by atoms with van der Waals surface area (Å²) in [4.78, 5) is 14.6. The van der Waals surface area contributed by atoms with E-state index < -0.39 is 5.54 Å². The van der Waals surface area contributed by atoms with Crippen LogP contribution >= 0.6 is 28.3 Å². The number of rotatable bonds is 4. The van der Waals surface area contributed by atoms with Gasteiger partial charge in [-0.15, -0.1) is 12.4 Å². The van der Waals surface area contributed by atoms with Gasteiger partial charge in [0.05, 0.1) is 0 Å². The van der Waals surface area contributed by atoms with E-state index >= 15 is 0 Å². The van der Waals surface area contributed by atoms with E-state index in [0.717, 1.165) is 42.6 Å². The van der Waals surface area contributed by atoms with Crippen LogP contribution in [0.4, 0.5) is 0 Å². The number of nitrogens with zero attached hydrogens (tertiary/aromatic N) is 1. The van der Waals surface area contributed by atoms with Gasteiger partial charge in [-0.05, 0) is 43.4 Å². The minimum Gasteiger partial charge on any atom is -0.384 e. The molecule has 2 rings (SSSR count). The van der Waals surface area contributed by atoms with Crippen LogP contribution in [-0.4, -0.2) is 37.6 Å². The molecule has 1 fully saturated rings. The van der Waals surface area contributed by atoms with Crippen LogP contribution in [0.1, 0.15) is 25.3 Å². The number of nitrogens with two attached hydrogens (primary N) is 1. The monoisotopic (exact) mass is 390 g/mol. The van der Waals surface area contributed by atoms with E-state index in [-0.39, 0.29) is 18.3 Å². The summed E-state index contributed by atoms with van der Waals surface area (Å²) in [6.07, 6.45) is 1.96. The summed E-state index contributed by atoms with van der Waals surface area (Å²) in [6, 6.07) is 7.64. The third kappa shape index (κ3) is 4.44. The second kappa shape index (κ2) is 8.29. The number of methoxy groups -OCH3 is 1. The number of amides is 1. The lowest BCUT2D eigenvalue weighted by atomic mass is 9.89. The van der Waals surface area contributed by atoms with Crippen LogP contribution in [0.2, 0.25) is 0 Å². The summed E-state index contributed by atoms with van der Waals surface area (Å²) in [7, 11) is 1.72. The molecule has 1 atom stereocenters. The van der Waals surface area contributed by atoms with Crippen LogP contribution in [0.25, 0.3) is 0 Å². The molecule has 1 unspecified atom stereocenters. The first-order valence-electron chi connectivity index (χ1n) is 7.28. The van der Waals surface area contributed by atoms with Crippen LogP contribution in [0.3, 0.4) is 0 Å². The van der Waals surface area contributed by atoms with Crippen molar-refractivity contribution >= 4 is 34.2 Å². The lowest BCUT2D eigenvalue weighted by Crippen LogP contribution is -2.53. The predicted octanol–water partition coefficient (Wildman–Crippen LogP) is 2.93. The maximum atomic E-state index is 12.7. The van der Waals surface area contributed by atoms with Gasteiger partial charge in [-0.25, -0.2) is 0 Å². The van der Waals surface area contributed by atoms with E-state index in [0.29, 0.717) is 5.92 Å². The van der Waals surface area contributed by atoms with Crippen molar-refractivity contribution in [2.24, 2.45) is 11.7 Å². The van der Waals surface area contributed by atoms with Crippen molar-refractivity contribution in [3.8, 4) is 0 Å². The zero-order valence-electron chi connectivity index (χ0n) is 13.0. The molecule has 1 aromatic carbocycles. The fourth-order valence-corrected chi connectivity index (χ4v) is 3.05. The number of piperidine rings is 1. The number of benzene rings is 1. The lowest BCUT2D eigenvalue weighted by Gasteiger charge is -2.37. The number of ether oxygens (including phenoxy) is 1. The Morgan fingerprint density at radius 2 is 1.91 bits per heavy atom. The summed E-state index contributed by atoms with van der Waals surface area (Å²) >= 11 is 3.40. The van der Waals surface area contributed by atoms with Crippen LogP contribution in [-0.2, 0) is 15.1 Å². The Labute approximate surface area is 146 Å². The highest BCUT2D eigenvalue weighted by Crippen LogP contribution is 2.25. The summed E-state index contributed by atoms with van der Waals surface area (Å²) in [6.45, 7) is 4.08. The molecule has 1 heterocycles. The van der Waals surface area contributed by atoms with Crippen molar-refractivity contribution in [2.45, 2.75) is 25.3 Å². The molecular formula is C16H24BrClN2O2. The molecule has 1 saturated heterocycles. The van der Waals surface area contributed by atoms with Gasteiger partial charge in [0.1, 0.15) is 5.54 Å². The van der Waals surface area contributed by atoms with Crippen LogP contribution in [0, 0.1) is 5.92 Å². The molecule has 0 aliphatic carbocycles. The maximum absolute atomic E-state index is 12.7. The Balaban J connectivity index is 0.00000242. The molecular weight excluding hydrogens is 368 g/mol. The van der Waals surface area contributed by atoms with Crippen LogP contribution in [0.5, 0.6) is 0 Å². The first-order valence-corrected chi connectivity index (χ1v) is 8.07. The molecule has 2 N–H and O–H groups in total. The van der Waals surface area contributed by atoms with Crippen molar-refractivity contribution < 1.29 is 9.53 Å². The zero-order chi connectivity index (χ0) is 15.5. The third-order valence-corrected chi connectivity index (χ3v) is 4.72. The normalized spacial score (nSPS) is 18.5. The molecule has 4 nitrogen and oxygen atoms in total. The second-order valence-electron chi connectivity index (χ2n) is 5.90. The summed E-state index contributed by atoms with van der Waals surface area (Å²) in [5, 5.41) is 0. The molecule has 0 spiro atoms. The molecule has 6 heteroatoms. The van der Waals surface area contributed by atoms with Crippen LogP contribution in [0.15, 0.2) is 28.7 Å². The van der Waals surface area contributed by atoms with E-state index in [1.807, 2.05) is 29.2 Å². The lowest BCUT2D eigenvalue weighted by molar-refractivity contribution is -0.138.